The number of carbonyl (C=O) groups is 2. The van der Waals surface area contributed by atoms with Gasteiger partial charge in [0.2, 0.25) is 5.91 Å². The van der Waals surface area contributed by atoms with E-state index in [0.717, 1.165) is 11.6 Å². The van der Waals surface area contributed by atoms with Crippen LogP contribution in [0.2, 0.25) is 5.02 Å². The van der Waals surface area contributed by atoms with E-state index in [2.05, 4.69) is 5.32 Å². The van der Waals surface area contributed by atoms with Gasteiger partial charge in [-0.2, -0.15) is 0 Å². The first-order chi connectivity index (χ1) is 13.0. The number of halogens is 2. The third-order valence-electron chi connectivity index (χ3n) is 3.86. The van der Waals surface area contributed by atoms with Gasteiger partial charge in [0.15, 0.2) is 0 Å². The molecule has 1 unspecified atom stereocenters. The molecule has 0 aromatic heterocycles. The summed E-state index contributed by atoms with van der Waals surface area (Å²) < 4.78 is 19.1. The molecule has 1 amide bonds. The molecule has 27 heavy (non-hydrogen) atoms. The summed E-state index contributed by atoms with van der Waals surface area (Å²) in [5, 5.41) is 11.6. The Bertz CT molecular complexity index is 770. The molecular formula is C20H21ClFNO4. The fourth-order valence-electron chi connectivity index (χ4n) is 2.52. The van der Waals surface area contributed by atoms with Crippen molar-refractivity contribution in [3.05, 3.63) is 70.5 Å². The van der Waals surface area contributed by atoms with Crippen molar-refractivity contribution in [3.8, 4) is 0 Å². The minimum Gasteiger partial charge on any atom is -0.481 e. The molecule has 0 bridgehead atoms. The first-order valence-corrected chi connectivity index (χ1v) is 8.91. The highest BCUT2D eigenvalue weighted by Crippen LogP contribution is 2.22. The van der Waals surface area contributed by atoms with Crippen LogP contribution < -0.4 is 5.32 Å². The number of hydrogen-bond donors (Lipinski definition) is 2. The quantitative estimate of drug-likeness (QED) is 0.596. The number of aliphatic carboxylic acids is 1. The molecule has 0 aliphatic heterocycles. The van der Waals surface area contributed by atoms with Crippen LogP contribution >= 0.6 is 11.6 Å². The molecule has 2 aromatic rings. The van der Waals surface area contributed by atoms with Crippen molar-refractivity contribution in [2.75, 3.05) is 6.61 Å². The van der Waals surface area contributed by atoms with Crippen LogP contribution in [0.15, 0.2) is 48.5 Å². The molecule has 0 saturated heterocycles. The van der Waals surface area contributed by atoms with Gasteiger partial charge in [-0.05, 0) is 29.7 Å². The second-order valence-corrected chi connectivity index (χ2v) is 6.44. The van der Waals surface area contributed by atoms with Crippen LogP contribution in [0.3, 0.4) is 0 Å². The topological polar surface area (TPSA) is 75.6 Å². The Kier molecular flexibility index (Phi) is 8.23. The van der Waals surface area contributed by atoms with Gasteiger partial charge in [-0.1, -0.05) is 48.0 Å². The number of carboxylic acids is 1. The second kappa shape index (κ2) is 10.6. The van der Waals surface area contributed by atoms with Crippen LogP contribution in [0.5, 0.6) is 0 Å². The average Bonchev–Trinajstić information content (AvgIpc) is 2.63. The number of rotatable bonds is 10. The van der Waals surface area contributed by atoms with Crippen LogP contribution in [0.1, 0.15) is 36.4 Å². The summed E-state index contributed by atoms with van der Waals surface area (Å²) in [6, 6.07) is 12.8. The molecule has 7 heteroatoms. The lowest BCUT2D eigenvalue weighted by Gasteiger charge is -2.18. The average molecular weight is 394 g/mol. The van der Waals surface area contributed by atoms with Crippen molar-refractivity contribution < 1.29 is 23.8 Å². The Morgan fingerprint density at radius 3 is 2.59 bits per heavy atom. The van der Waals surface area contributed by atoms with Crippen LogP contribution in [0, 0.1) is 5.82 Å². The van der Waals surface area contributed by atoms with E-state index in [0.29, 0.717) is 25.2 Å². The van der Waals surface area contributed by atoms with E-state index in [9.17, 15) is 14.0 Å². The normalized spacial score (nSPS) is 11.8. The third-order valence-corrected chi connectivity index (χ3v) is 4.17. The molecule has 0 aliphatic carbocycles. The maximum Gasteiger partial charge on any atom is 0.305 e. The molecule has 0 saturated carbocycles. The zero-order valence-electron chi connectivity index (χ0n) is 14.7. The number of carbonyl (C=O) groups excluding carboxylic acids is 1. The standard InChI is InChI=1S/C20H21ClFNO4/c21-16-9-8-15(11-17(16)22)18(12-20(25)26)23-19(24)7-4-10-27-13-14-5-2-1-3-6-14/h1-3,5-6,8-9,11,18H,4,7,10,12-13H2,(H,23,24)(H,25,26). The van der Waals surface area contributed by atoms with Crippen LogP contribution in [-0.4, -0.2) is 23.6 Å². The van der Waals surface area contributed by atoms with Gasteiger partial charge in [0.1, 0.15) is 5.82 Å². The highest BCUT2D eigenvalue weighted by atomic mass is 35.5. The molecule has 0 heterocycles. The van der Waals surface area contributed by atoms with Gasteiger partial charge in [0, 0.05) is 13.0 Å². The predicted octanol–water partition coefficient (Wildman–Crippen LogP) is 4.11. The molecule has 0 aliphatic rings. The number of hydrogen-bond acceptors (Lipinski definition) is 3. The Balaban J connectivity index is 1.80. The Labute approximate surface area is 162 Å². The smallest absolute Gasteiger partial charge is 0.305 e. The Hall–Kier alpha value is -2.44. The predicted molar refractivity (Wildman–Crippen MR) is 99.9 cm³/mol. The zero-order valence-corrected chi connectivity index (χ0v) is 15.4. The van der Waals surface area contributed by atoms with Crippen molar-refractivity contribution in [2.24, 2.45) is 0 Å². The molecular weight excluding hydrogens is 373 g/mol. The van der Waals surface area contributed by atoms with Crippen LogP contribution in [-0.2, 0) is 20.9 Å². The van der Waals surface area contributed by atoms with Crippen molar-refractivity contribution in [2.45, 2.75) is 31.9 Å². The van der Waals surface area contributed by atoms with Crippen molar-refractivity contribution in [1.82, 2.24) is 5.32 Å². The molecule has 0 spiro atoms. The maximum absolute atomic E-state index is 13.6. The SMILES string of the molecule is O=C(O)CC(NC(=O)CCCOCc1ccccc1)c1ccc(Cl)c(F)c1. The van der Waals surface area contributed by atoms with E-state index in [4.69, 9.17) is 21.4 Å². The Morgan fingerprint density at radius 1 is 1.19 bits per heavy atom. The van der Waals surface area contributed by atoms with E-state index >= 15 is 0 Å². The van der Waals surface area contributed by atoms with Gasteiger partial charge in [-0.25, -0.2) is 4.39 Å². The number of ether oxygens (including phenoxy) is 1. The summed E-state index contributed by atoms with van der Waals surface area (Å²) in [6.07, 6.45) is 0.325. The molecule has 2 aromatic carbocycles. The first kappa shape index (κ1) is 20.9. The molecule has 0 fully saturated rings. The largest absolute Gasteiger partial charge is 0.481 e. The molecule has 2 N–H and O–H groups in total. The van der Waals surface area contributed by atoms with Gasteiger partial charge in [0.05, 0.1) is 24.1 Å². The van der Waals surface area contributed by atoms with Crippen molar-refractivity contribution >= 4 is 23.5 Å². The molecule has 1 atom stereocenters. The lowest BCUT2D eigenvalue weighted by Crippen LogP contribution is -2.30. The van der Waals surface area contributed by atoms with E-state index in [-0.39, 0.29) is 23.8 Å². The second-order valence-electron chi connectivity index (χ2n) is 6.03. The van der Waals surface area contributed by atoms with E-state index in [1.54, 1.807) is 0 Å². The van der Waals surface area contributed by atoms with Gasteiger partial charge in [-0.15, -0.1) is 0 Å². The van der Waals surface area contributed by atoms with Gasteiger partial charge in [-0.3, -0.25) is 9.59 Å². The summed E-state index contributed by atoms with van der Waals surface area (Å²) in [5.41, 5.74) is 1.40. The summed E-state index contributed by atoms with van der Waals surface area (Å²) in [4.78, 5) is 23.2. The van der Waals surface area contributed by atoms with Gasteiger partial charge < -0.3 is 15.2 Å². The van der Waals surface area contributed by atoms with E-state index in [1.807, 2.05) is 30.3 Å². The fourth-order valence-corrected chi connectivity index (χ4v) is 2.64. The molecule has 144 valence electrons. The number of amides is 1. The lowest BCUT2D eigenvalue weighted by atomic mass is 10.0. The molecule has 2 rings (SSSR count). The van der Waals surface area contributed by atoms with Crippen LogP contribution in [0.25, 0.3) is 0 Å². The summed E-state index contributed by atoms with van der Waals surface area (Å²) >= 11 is 5.65. The highest BCUT2D eigenvalue weighted by Gasteiger charge is 2.19. The monoisotopic (exact) mass is 393 g/mol. The minimum atomic E-state index is -1.10. The zero-order chi connectivity index (χ0) is 19.6. The fraction of sp³-hybridized carbons (Fsp3) is 0.300. The van der Waals surface area contributed by atoms with Gasteiger partial charge >= 0.3 is 5.97 Å². The van der Waals surface area contributed by atoms with E-state index in [1.165, 1.54) is 12.1 Å². The number of carboxylic acid groups (broad SMARTS) is 1. The third kappa shape index (κ3) is 7.37. The minimum absolute atomic E-state index is 0.0604. The summed E-state index contributed by atoms with van der Waals surface area (Å²) in [6.45, 7) is 0.871. The van der Waals surface area contributed by atoms with Crippen LogP contribution in [0.4, 0.5) is 4.39 Å². The van der Waals surface area contributed by atoms with E-state index < -0.39 is 17.8 Å². The summed E-state index contributed by atoms with van der Waals surface area (Å²) in [5.74, 6) is -2.07. The Morgan fingerprint density at radius 2 is 1.93 bits per heavy atom. The highest BCUT2D eigenvalue weighted by molar-refractivity contribution is 6.30. The lowest BCUT2D eigenvalue weighted by molar-refractivity contribution is -0.137. The van der Waals surface area contributed by atoms with Gasteiger partial charge in [0.25, 0.3) is 0 Å². The first-order valence-electron chi connectivity index (χ1n) is 8.53. The molecule has 5 nitrogen and oxygen atoms in total. The van der Waals surface area contributed by atoms with Crippen molar-refractivity contribution in [3.63, 3.8) is 0 Å². The molecule has 0 radical (unpaired) electrons. The number of benzene rings is 2. The summed E-state index contributed by atoms with van der Waals surface area (Å²) in [7, 11) is 0. The maximum atomic E-state index is 13.6. The van der Waals surface area contributed by atoms with Crippen molar-refractivity contribution in [1.29, 1.82) is 0 Å². The number of nitrogens with one attached hydrogen (secondary N) is 1.